The van der Waals surface area contributed by atoms with Gasteiger partial charge >= 0.3 is 0 Å². The molecule has 0 unspecified atom stereocenters. The van der Waals surface area contributed by atoms with E-state index in [1.54, 1.807) is 18.5 Å². The number of fused-ring (bicyclic) bond motifs is 3. The Morgan fingerprint density at radius 1 is 1.30 bits per heavy atom. The molecule has 1 aromatic carbocycles. The third-order valence-corrected chi connectivity index (χ3v) is 3.42. The zero-order valence-electron chi connectivity index (χ0n) is 11.9. The maximum Gasteiger partial charge on any atom is 0.152 e. The standard InChI is InChI=1S/C15H18N4O/c1-15(2,20)8-11-12-9-6-4-5-7-10(9)17-14(16)13(12)18-19(11)3/h4-7,20H,8H2,1-3H3,(H2,16,17). The van der Waals surface area contributed by atoms with Gasteiger partial charge < -0.3 is 10.8 Å². The Morgan fingerprint density at radius 2 is 2.00 bits per heavy atom. The van der Waals surface area contributed by atoms with Crippen LogP contribution in [0.5, 0.6) is 0 Å². The van der Waals surface area contributed by atoms with Gasteiger partial charge in [0.1, 0.15) is 5.52 Å². The first-order valence-corrected chi connectivity index (χ1v) is 6.59. The van der Waals surface area contributed by atoms with Crippen molar-refractivity contribution < 1.29 is 5.11 Å². The van der Waals surface area contributed by atoms with Crippen LogP contribution >= 0.6 is 0 Å². The normalized spacial score (nSPS) is 12.4. The van der Waals surface area contributed by atoms with E-state index in [0.717, 1.165) is 22.0 Å². The van der Waals surface area contributed by atoms with E-state index in [-0.39, 0.29) is 0 Å². The minimum Gasteiger partial charge on any atom is -0.390 e. The highest BCUT2D eigenvalue weighted by atomic mass is 16.3. The summed E-state index contributed by atoms with van der Waals surface area (Å²) in [4.78, 5) is 4.39. The highest BCUT2D eigenvalue weighted by molar-refractivity contribution is 6.09. The van der Waals surface area contributed by atoms with Crippen molar-refractivity contribution in [3.8, 4) is 0 Å². The van der Waals surface area contributed by atoms with E-state index in [1.807, 2.05) is 31.3 Å². The minimum absolute atomic E-state index is 0.427. The highest BCUT2D eigenvalue weighted by Gasteiger charge is 2.22. The SMILES string of the molecule is Cn1nc2c(N)nc3ccccc3c2c1CC(C)(C)O. The van der Waals surface area contributed by atoms with Crippen molar-refractivity contribution in [3.05, 3.63) is 30.0 Å². The third-order valence-electron chi connectivity index (χ3n) is 3.42. The number of aryl methyl sites for hydroxylation is 1. The smallest absolute Gasteiger partial charge is 0.152 e. The van der Waals surface area contributed by atoms with Crippen molar-refractivity contribution in [1.29, 1.82) is 0 Å². The number of nitrogen functional groups attached to an aromatic ring is 1. The number of nitrogens with zero attached hydrogens (tertiary/aromatic N) is 3. The van der Waals surface area contributed by atoms with Gasteiger partial charge in [-0.05, 0) is 19.9 Å². The number of pyridine rings is 1. The summed E-state index contributed by atoms with van der Waals surface area (Å²) in [5.74, 6) is 0.427. The van der Waals surface area contributed by atoms with Gasteiger partial charge in [-0.3, -0.25) is 4.68 Å². The van der Waals surface area contributed by atoms with Crippen molar-refractivity contribution in [3.63, 3.8) is 0 Å². The summed E-state index contributed by atoms with van der Waals surface area (Å²) in [5, 5.41) is 16.6. The molecule has 20 heavy (non-hydrogen) atoms. The largest absolute Gasteiger partial charge is 0.390 e. The van der Waals surface area contributed by atoms with E-state index in [0.29, 0.717) is 17.8 Å². The van der Waals surface area contributed by atoms with Crippen LogP contribution in [0.2, 0.25) is 0 Å². The zero-order chi connectivity index (χ0) is 14.5. The molecule has 0 aliphatic heterocycles. The number of hydrogen-bond acceptors (Lipinski definition) is 4. The zero-order valence-corrected chi connectivity index (χ0v) is 11.9. The first-order chi connectivity index (χ1) is 9.37. The second-order valence-corrected chi connectivity index (χ2v) is 5.80. The number of benzene rings is 1. The number of hydrogen-bond donors (Lipinski definition) is 2. The number of anilines is 1. The molecule has 5 heteroatoms. The van der Waals surface area contributed by atoms with Crippen LogP contribution in [-0.4, -0.2) is 25.5 Å². The van der Waals surface area contributed by atoms with Crippen LogP contribution in [0.1, 0.15) is 19.5 Å². The van der Waals surface area contributed by atoms with Crippen LogP contribution in [0.4, 0.5) is 5.82 Å². The molecule has 0 amide bonds. The Labute approximate surface area is 117 Å². The molecule has 0 bridgehead atoms. The summed E-state index contributed by atoms with van der Waals surface area (Å²) in [6.07, 6.45) is 0.507. The lowest BCUT2D eigenvalue weighted by molar-refractivity contribution is 0.0793. The maximum absolute atomic E-state index is 10.1. The van der Waals surface area contributed by atoms with Gasteiger partial charge in [-0.25, -0.2) is 4.98 Å². The van der Waals surface area contributed by atoms with Crippen LogP contribution in [-0.2, 0) is 13.5 Å². The quantitative estimate of drug-likeness (QED) is 0.747. The lowest BCUT2D eigenvalue weighted by atomic mass is 9.99. The average Bonchev–Trinajstić information content (AvgIpc) is 2.66. The van der Waals surface area contributed by atoms with Crippen molar-refractivity contribution in [1.82, 2.24) is 14.8 Å². The summed E-state index contributed by atoms with van der Waals surface area (Å²) < 4.78 is 1.78. The van der Waals surface area contributed by atoms with E-state index >= 15 is 0 Å². The molecule has 3 rings (SSSR count). The van der Waals surface area contributed by atoms with Gasteiger partial charge in [0.15, 0.2) is 5.82 Å². The molecular weight excluding hydrogens is 252 g/mol. The molecule has 0 aliphatic rings. The Morgan fingerprint density at radius 3 is 2.70 bits per heavy atom. The Bertz CT molecular complexity index is 799. The highest BCUT2D eigenvalue weighted by Crippen LogP contribution is 2.31. The molecule has 0 fully saturated rings. The topological polar surface area (TPSA) is 77.0 Å². The molecule has 104 valence electrons. The summed E-state index contributed by atoms with van der Waals surface area (Å²) >= 11 is 0. The minimum atomic E-state index is -0.806. The fourth-order valence-corrected chi connectivity index (χ4v) is 2.60. The number of rotatable bonds is 2. The monoisotopic (exact) mass is 270 g/mol. The Hall–Kier alpha value is -2.14. The first-order valence-electron chi connectivity index (χ1n) is 6.59. The molecule has 3 N–H and O–H groups in total. The fraction of sp³-hybridized carbons (Fsp3) is 0.333. The van der Waals surface area contributed by atoms with Crippen molar-refractivity contribution in [2.45, 2.75) is 25.9 Å². The molecular formula is C15H18N4O. The van der Waals surface area contributed by atoms with E-state index in [9.17, 15) is 5.11 Å². The van der Waals surface area contributed by atoms with Gasteiger partial charge in [0.2, 0.25) is 0 Å². The maximum atomic E-state index is 10.1. The molecule has 0 saturated carbocycles. The summed E-state index contributed by atoms with van der Waals surface area (Å²) in [6, 6.07) is 7.86. The van der Waals surface area contributed by atoms with Gasteiger partial charge in [0.05, 0.1) is 11.1 Å². The molecule has 0 aliphatic carbocycles. The first kappa shape index (κ1) is 12.9. The van der Waals surface area contributed by atoms with E-state index in [1.165, 1.54) is 0 Å². The number of aromatic nitrogens is 3. The Kier molecular flexibility index (Phi) is 2.69. The van der Waals surface area contributed by atoms with E-state index in [4.69, 9.17) is 5.73 Å². The second kappa shape index (κ2) is 4.18. The fourth-order valence-electron chi connectivity index (χ4n) is 2.60. The average molecular weight is 270 g/mol. The predicted octanol–water partition coefficient (Wildman–Crippen LogP) is 2.02. The molecule has 5 nitrogen and oxygen atoms in total. The van der Waals surface area contributed by atoms with E-state index < -0.39 is 5.60 Å². The molecule has 0 spiro atoms. The predicted molar refractivity (Wildman–Crippen MR) is 80.4 cm³/mol. The van der Waals surface area contributed by atoms with Crippen LogP contribution in [0, 0.1) is 0 Å². The van der Waals surface area contributed by atoms with Crippen molar-refractivity contribution in [2.75, 3.05) is 5.73 Å². The van der Waals surface area contributed by atoms with Crippen LogP contribution in [0.15, 0.2) is 24.3 Å². The molecule has 0 saturated heterocycles. The van der Waals surface area contributed by atoms with Crippen LogP contribution in [0.3, 0.4) is 0 Å². The van der Waals surface area contributed by atoms with Crippen molar-refractivity contribution in [2.24, 2.45) is 7.05 Å². The second-order valence-electron chi connectivity index (χ2n) is 5.80. The number of aliphatic hydroxyl groups is 1. The van der Waals surface area contributed by atoms with Gasteiger partial charge in [-0.15, -0.1) is 0 Å². The summed E-state index contributed by atoms with van der Waals surface area (Å²) in [7, 11) is 1.87. The molecule has 0 radical (unpaired) electrons. The molecule has 2 aromatic heterocycles. The summed E-state index contributed by atoms with van der Waals surface area (Å²) in [6.45, 7) is 3.58. The number of nitrogens with two attached hydrogens (primary N) is 1. The summed E-state index contributed by atoms with van der Waals surface area (Å²) in [5.41, 5.74) is 7.73. The number of para-hydroxylation sites is 1. The molecule has 2 heterocycles. The Balaban J connectivity index is 2.42. The lowest BCUT2D eigenvalue weighted by Gasteiger charge is -2.17. The molecule has 0 atom stereocenters. The third kappa shape index (κ3) is 2.00. The van der Waals surface area contributed by atoms with E-state index in [2.05, 4.69) is 10.1 Å². The van der Waals surface area contributed by atoms with Crippen LogP contribution in [0.25, 0.3) is 21.8 Å². The van der Waals surface area contributed by atoms with Gasteiger partial charge in [-0.2, -0.15) is 5.10 Å². The lowest BCUT2D eigenvalue weighted by Crippen LogP contribution is -2.23. The van der Waals surface area contributed by atoms with Gasteiger partial charge in [-0.1, -0.05) is 18.2 Å². The van der Waals surface area contributed by atoms with Gasteiger partial charge in [0, 0.05) is 29.9 Å². The van der Waals surface area contributed by atoms with Crippen molar-refractivity contribution >= 4 is 27.6 Å². The van der Waals surface area contributed by atoms with Crippen LogP contribution < -0.4 is 5.73 Å². The molecule has 3 aromatic rings. The van der Waals surface area contributed by atoms with Gasteiger partial charge in [0.25, 0.3) is 0 Å².